The van der Waals surface area contributed by atoms with Crippen LogP contribution in [0.25, 0.3) is 0 Å². The Morgan fingerprint density at radius 2 is 1.60 bits per heavy atom. The molecule has 0 saturated carbocycles. The first kappa shape index (κ1) is 21.7. The van der Waals surface area contributed by atoms with Gasteiger partial charge in [-0.15, -0.1) is 0 Å². The number of anilines is 1. The third-order valence-electron chi connectivity index (χ3n) is 4.33. The SMILES string of the molecule is CN(Cc1c(F)cccc1Cl)C(=O)c1ccc(S(=O)(=O)Nc2ccccc2F)cc1. The zero-order valence-electron chi connectivity index (χ0n) is 15.8. The van der Waals surface area contributed by atoms with Gasteiger partial charge in [-0.3, -0.25) is 9.52 Å². The van der Waals surface area contributed by atoms with E-state index in [2.05, 4.69) is 4.72 Å². The zero-order chi connectivity index (χ0) is 21.9. The van der Waals surface area contributed by atoms with E-state index in [1.54, 1.807) is 0 Å². The van der Waals surface area contributed by atoms with Gasteiger partial charge in [0.25, 0.3) is 15.9 Å². The third kappa shape index (κ3) is 4.77. The molecular formula is C21H17ClF2N2O3S. The monoisotopic (exact) mass is 450 g/mol. The molecule has 3 aromatic carbocycles. The van der Waals surface area contributed by atoms with Gasteiger partial charge < -0.3 is 4.90 Å². The van der Waals surface area contributed by atoms with Crippen molar-refractivity contribution in [2.45, 2.75) is 11.4 Å². The fourth-order valence-electron chi connectivity index (χ4n) is 2.74. The Morgan fingerprint density at radius 3 is 2.23 bits per heavy atom. The molecule has 0 radical (unpaired) electrons. The van der Waals surface area contributed by atoms with Crippen molar-refractivity contribution < 1.29 is 22.0 Å². The van der Waals surface area contributed by atoms with Crippen LogP contribution in [0.3, 0.4) is 0 Å². The van der Waals surface area contributed by atoms with Crippen LogP contribution in [0.2, 0.25) is 5.02 Å². The van der Waals surface area contributed by atoms with Gasteiger partial charge in [-0.2, -0.15) is 0 Å². The van der Waals surface area contributed by atoms with Crippen molar-refractivity contribution in [1.29, 1.82) is 0 Å². The maximum atomic E-state index is 13.9. The summed E-state index contributed by atoms with van der Waals surface area (Å²) in [7, 11) is -2.56. The number of sulfonamides is 1. The minimum Gasteiger partial charge on any atom is -0.337 e. The van der Waals surface area contributed by atoms with E-state index in [1.165, 1.54) is 72.6 Å². The second kappa shape index (κ2) is 8.81. The summed E-state index contributed by atoms with van der Waals surface area (Å²) in [6, 6.07) is 14.8. The second-order valence-electron chi connectivity index (χ2n) is 6.47. The second-order valence-corrected chi connectivity index (χ2v) is 8.56. The fourth-order valence-corrected chi connectivity index (χ4v) is 4.03. The van der Waals surface area contributed by atoms with E-state index >= 15 is 0 Å². The van der Waals surface area contributed by atoms with E-state index in [1.807, 2.05) is 0 Å². The van der Waals surface area contributed by atoms with E-state index in [4.69, 9.17) is 11.6 Å². The molecule has 0 atom stereocenters. The normalized spacial score (nSPS) is 11.2. The molecule has 1 N–H and O–H groups in total. The molecule has 9 heteroatoms. The van der Waals surface area contributed by atoms with Gasteiger partial charge in [0, 0.05) is 29.7 Å². The molecule has 3 rings (SSSR count). The Labute approximate surface area is 178 Å². The van der Waals surface area contributed by atoms with E-state index in [0.717, 1.165) is 6.07 Å². The minimum atomic E-state index is -4.04. The van der Waals surface area contributed by atoms with Crippen molar-refractivity contribution in [2.75, 3.05) is 11.8 Å². The molecule has 156 valence electrons. The summed E-state index contributed by atoms with van der Waals surface area (Å²) in [5, 5.41) is 0.204. The first-order chi connectivity index (χ1) is 14.2. The molecule has 0 aliphatic heterocycles. The Balaban J connectivity index is 1.76. The minimum absolute atomic E-state index is 0.0563. The highest BCUT2D eigenvalue weighted by Crippen LogP contribution is 2.22. The number of nitrogens with one attached hydrogen (secondary N) is 1. The highest BCUT2D eigenvalue weighted by molar-refractivity contribution is 7.92. The van der Waals surface area contributed by atoms with E-state index < -0.39 is 27.6 Å². The molecule has 0 spiro atoms. The van der Waals surface area contributed by atoms with E-state index in [-0.39, 0.29) is 33.3 Å². The predicted molar refractivity (Wildman–Crippen MR) is 111 cm³/mol. The molecule has 1 amide bonds. The standard InChI is InChI=1S/C21H17ClF2N2O3S/c1-26(13-16-17(22)5-4-7-18(16)23)21(27)14-9-11-15(12-10-14)30(28,29)25-20-8-3-2-6-19(20)24/h2-12,25H,13H2,1H3. The van der Waals surface area contributed by atoms with Crippen LogP contribution in [0.1, 0.15) is 15.9 Å². The number of hydrogen-bond donors (Lipinski definition) is 1. The third-order valence-corrected chi connectivity index (χ3v) is 6.07. The molecule has 0 fully saturated rings. The lowest BCUT2D eigenvalue weighted by molar-refractivity contribution is 0.0784. The summed E-state index contributed by atoms with van der Waals surface area (Å²) in [6.45, 7) is -0.0563. The molecule has 0 aliphatic carbocycles. The van der Waals surface area contributed by atoms with Crippen LogP contribution in [0.15, 0.2) is 71.6 Å². The number of para-hydroxylation sites is 1. The van der Waals surface area contributed by atoms with Crippen molar-refractivity contribution in [3.05, 3.63) is 94.5 Å². The smallest absolute Gasteiger partial charge is 0.261 e. The van der Waals surface area contributed by atoms with Crippen molar-refractivity contribution >= 4 is 33.2 Å². The molecule has 0 heterocycles. The lowest BCUT2D eigenvalue weighted by Gasteiger charge is -2.18. The molecule has 0 aliphatic rings. The first-order valence-corrected chi connectivity index (χ1v) is 10.6. The zero-order valence-corrected chi connectivity index (χ0v) is 17.3. The average Bonchev–Trinajstić information content (AvgIpc) is 2.72. The van der Waals surface area contributed by atoms with Crippen molar-refractivity contribution in [1.82, 2.24) is 4.90 Å². The number of carbonyl (C=O) groups excluding carboxylic acids is 1. The Kier molecular flexibility index (Phi) is 6.38. The van der Waals surface area contributed by atoms with Crippen LogP contribution in [-0.2, 0) is 16.6 Å². The molecular weight excluding hydrogens is 434 g/mol. The van der Waals surface area contributed by atoms with Gasteiger partial charge in [0.15, 0.2) is 0 Å². The maximum Gasteiger partial charge on any atom is 0.261 e. The first-order valence-electron chi connectivity index (χ1n) is 8.75. The number of nitrogens with zero attached hydrogens (tertiary/aromatic N) is 1. The fraction of sp³-hybridized carbons (Fsp3) is 0.0952. The summed E-state index contributed by atoms with van der Waals surface area (Å²) in [5.41, 5.74) is 0.206. The average molecular weight is 451 g/mol. The van der Waals surface area contributed by atoms with Gasteiger partial charge in [-0.25, -0.2) is 17.2 Å². The topological polar surface area (TPSA) is 66.5 Å². The lowest BCUT2D eigenvalue weighted by atomic mass is 10.1. The Bertz CT molecular complexity index is 1160. The summed E-state index contributed by atoms with van der Waals surface area (Å²) in [4.78, 5) is 13.7. The van der Waals surface area contributed by atoms with Gasteiger partial charge >= 0.3 is 0 Å². The van der Waals surface area contributed by atoms with Gasteiger partial charge in [-0.05, 0) is 48.5 Å². The summed E-state index contributed by atoms with van der Waals surface area (Å²) >= 11 is 5.99. The Hall–Kier alpha value is -2.97. The van der Waals surface area contributed by atoms with Crippen molar-refractivity contribution in [2.24, 2.45) is 0 Å². The predicted octanol–water partition coefficient (Wildman–Crippen LogP) is 4.69. The lowest BCUT2D eigenvalue weighted by Crippen LogP contribution is -2.27. The molecule has 0 aromatic heterocycles. The van der Waals surface area contributed by atoms with Gasteiger partial charge in [0.05, 0.1) is 10.6 Å². The highest BCUT2D eigenvalue weighted by Gasteiger charge is 2.19. The number of amides is 1. The van der Waals surface area contributed by atoms with E-state index in [9.17, 15) is 22.0 Å². The maximum absolute atomic E-state index is 13.9. The van der Waals surface area contributed by atoms with Crippen LogP contribution in [-0.4, -0.2) is 26.3 Å². The van der Waals surface area contributed by atoms with Crippen LogP contribution < -0.4 is 4.72 Å². The number of rotatable bonds is 6. The summed E-state index contributed by atoms with van der Waals surface area (Å²) in [5.74, 6) is -1.68. The largest absolute Gasteiger partial charge is 0.337 e. The van der Waals surface area contributed by atoms with Crippen LogP contribution in [0.5, 0.6) is 0 Å². The van der Waals surface area contributed by atoms with Crippen LogP contribution in [0.4, 0.5) is 14.5 Å². The quantitative estimate of drug-likeness (QED) is 0.592. The van der Waals surface area contributed by atoms with Gasteiger partial charge in [-0.1, -0.05) is 29.8 Å². The Morgan fingerprint density at radius 1 is 0.967 bits per heavy atom. The van der Waals surface area contributed by atoms with Crippen LogP contribution in [0, 0.1) is 11.6 Å². The van der Waals surface area contributed by atoms with Gasteiger partial charge in [0.1, 0.15) is 11.6 Å². The molecule has 0 saturated heterocycles. The number of hydrogen-bond acceptors (Lipinski definition) is 3. The van der Waals surface area contributed by atoms with Gasteiger partial charge in [0.2, 0.25) is 0 Å². The van der Waals surface area contributed by atoms with E-state index in [0.29, 0.717) is 0 Å². The van der Waals surface area contributed by atoms with Crippen LogP contribution >= 0.6 is 11.6 Å². The summed E-state index contributed by atoms with van der Waals surface area (Å²) in [6.07, 6.45) is 0. The van der Waals surface area contributed by atoms with Crippen molar-refractivity contribution in [3.8, 4) is 0 Å². The summed E-state index contributed by atoms with van der Waals surface area (Å²) < 4.78 is 54.7. The van der Waals surface area contributed by atoms with Crippen molar-refractivity contribution in [3.63, 3.8) is 0 Å². The number of carbonyl (C=O) groups is 1. The molecule has 5 nitrogen and oxygen atoms in total. The molecule has 3 aromatic rings. The number of benzene rings is 3. The number of halogens is 3. The molecule has 0 bridgehead atoms. The highest BCUT2D eigenvalue weighted by atomic mass is 35.5. The molecule has 0 unspecified atom stereocenters. The molecule has 30 heavy (non-hydrogen) atoms.